The van der Waals surface area contributed by atoms with Crippen molar-refractivity contribution in [1.29, 1.82) is 0 Å². The van der Waals surface area contributed by atoms with Gasteiger partial charge < -0.3 is 9.64 Å². The van der Waals surface area contributed by atoms with Crippen molar-refractivity contribution in [3.8, 4) is 5.75 Å². The van der Waals surface area contributed by atoms with E-state index in [1.807, 2.05) is 6.07 Å². The molecule has 2 aromatic rings. The standard InChI is InChI=1S/C17H18Cl2N2O4S/c1-20(12-7-5-4-6-8-12)17(22)11-21(26(3,23)24)15-10-16(25-2)14(19)9-13(15)18/h4-10H,11H2,1-3H3. The van der Waals surface area contributed by atoms with Gasteiger partial charge in [0.25, 0.3) is 0 Å². The lowest BCUT2D eigenvalue weighted by molar-refractivity contribution is -0.116. The van der Waals surface area contributed by atoms with E-state index in [0.717, 1.165) is 10.6 Å². The van der Waals surface area contributed by atoms with Crippen LogP contribution in [0.2, 0.25) is 10.0 Å². The number of methoxy groups -OCH3 is 1. The van der Waals surface area contributed by atoms with E-state index in [0.29, 0.717) is 5.69 Å². The van der Waals surface area contributed by atoms with Crippen molar-refractivity contribution in [2.45, 2.75) is 0 Å². The number of rotatable bonds is 6. The number of halogens is 2. The molecule has 0 aliphatic rings. The van der Waals surface area contributed by atoms with Gasteiger partial charge in [-0.3, -0.25) is 9.10 Å². The molecule has 2 rings (SSSR count). The molecule has 0 saturated heterocycles. The van der Waals surface area contributed by atoms with Gasteiger partial charge in [0.2, 0.25) is 15.9 Å². The number of carbonyl (C=O) groups excluding carboxylic acids is 1. The van der Waals surface area contributed by atoms with Crippen LogP contribution in [-0.4, -0.2) is 41.3 Å². The number of ether oxygens (including phenoxy) is 1. The first kappa shape index (κ1) is 20.4. The molecule has 0 spiro atoms. The third-order valence-electron chi connectivity index (χ3n) is 3.69. The highest BCUT2D eigenvalue weighted by atomic mass is 35.5. The van der Waals surface area contributed by atoms with Crippen LogP contribution in [0.5, 0.6) is 5.75 Å². The Kier molecular flexibility index (Phi) is 6.39. The molecule has 26 heavy (non-hydrogen) atoms. The number of likely N-dealkylation sites (N-methyl/N-ethyl adjacent to an activating group) is 1. The summed E-state index contributed by atoms with van der Waals surface area (Å²) in [4.78, 5) is 14.0. The molecule has 0 aromatic heterocycles. The van der Waals surface area contributed by atoms with Gasteiger partial charge in [-0.05, 0) is 18.2 Å². The topological polar surface area (TPSA) is 66.9 Å². The second-order valence-electron chi connectivity index (χ2n) is 5.50. The Morgan fingerprint density at radius 3 is 2.27 bits per heavy atom. The van der Waals surface area contributed by atoms with Crippen molar-refractivity contribution in [3.05, 3.63) is 52.5 Å². The Hall–Kier alpha value is -1.96. The smallest absolute Gasteiger partial charge is 0.247 e. The molecular weight excluding hydrogens is 399 g/mol. The van der Waals surface area contributed by atoms with E-state index in [1.54, 1.807) is 31.3 Å². The third kappa shape index (κ3) is 4.60. The molecule has 0 bridgehead atoms. The zero-order valence-corrected chi connectivity index (χ0v) is 16.8. The number of hydrogen-bond donors (Lipinski definition) is 0. The summed E-state index contributed by atoms with van der Waals surface area (Å²) >= 11 is 12.2. The lowest BCUT2D eigenvalue weighted by Crippen LogP contribution is -2.41. The Morgan fingerprint density at radius 2 is 1.73 bits per heavy atom. The SMILES string of the molecule is COc1cc(N(CC(=O)N(C)c2ccccc2)S(C)(=O)=O)c(Cl)cc1Cl. The van der Waals surface area contributed by atoms with E-state index < -0.39 is 22.5 Å². The number of hydrogen-bond acceptors (Lipinski definition) is 4. The summed E-state index contributed by atoms with van der Waals surface area (Å²) in [5.74, 6) is -0.171. The van der Waals surface area contributed by atoms with Gasteiger partial charge in [0, 0.05) is 18.8 Å². The van der Waals surface area contributed by atoms with Gasteiger partial charge in [0.1, 0.15) is 12.3 Å². The Bertz CT molecular complexity index is 904. The first-order chi connectivity index (χ1) is 12.1. The molecule has 0 aliphatic carbocycles. The fourth-order valence-electron chi connectivity index (χ4n) is 2.27. The van der Waals surface area contributed by atoms with Crippen molar-refractivity contribution >= 4 is 50.5 Å². The number of nitrogens with zero attached hydrogens (tertiary/aromatic N) is 2. The van der Waals surface area contributed by atoms with Crippen molar-refractivity contribution in [2.24, 2.45) is 0 Å². The molecule has 0 atom stereocenters. The van der Waals surface area contributed by atoms with Crippen LogP contribution in [0.1, 0.15) is 0 Å². The monoisotopic (exact) mass is 416 g/mol. The molecular formula is C17H18Cl2N2O4S. The lowest BCUT2D eigenvalue weighted by atomic mass is 10.2. The van der Waals surface area contributed by atoms with Crippen LogP contribution in [0.4, 0.5) is 11.4 Å². The van der Waals surface area contributed by atoms with E-state index in [2.05, 4.69) is 0 Å². The van der Waals surface area contributed by atoms with Crippen LogP contribution in [0, 0.1) is 0 Å². The molecule has 0 N–H and O–H groups in total. The number of para-hydroxylation sites is 1. The van der Waals surface area contributed by atoms with Crippen molar-refractivity contribution in [1.82, 2.24) is 0 Å². The zero-order chi connectivity index (χ0) is 19.5. The highest BCUT2D eigenvalue weighted by molar-refractivity contribution is 7.92. The summed E-state index contributed by atoms with van der Waals surface area (Å²) in [7, 11) is -0.814. The molecule has 0 fully saturated rings. The van der Waals surface area contributed by atoms with E-state index in [4.69, 9.17) is 27.9 Å². The minimum atomic E-state index is -3.79. The summed E-state index contributed by atoms with van der Waals surface area (Å²) in [5.41, 5.74) is 0.760. The Balaban J connectivity index is 2.40. The van der Waals surface area contributed by atoms with Crippen LogP contribution in [0.15, 0.2) is 42.5 Å². The van der Waals surface area contributed by atoms with Gasteiger partial charge in [-0.15, -0.1) is 0 Å². The summed E-state index contributed by atoms with van der Waals surface area (Å²) in [6.07, 6.45) is 1.00. The number of benzene rings is 2. The van der Waals surface area contributed by atoms with Gasteiger partial charge in [-0.1, -0.05) is 41.4 Å². The molecule has 2 aromatic carbocycles. The molecule has 0 radical (unpaired) electrons. The van der Waals surface area contributed by atoms with Crippen molar-refractivity contribution < 1.29 is 17.9 Å². The number of anilines is 2. The van der Waals surface area contributed by atoms with Crippen LogP contribution in [-0.2, 0) is 14.8 Å². The maximum atomic E-state index is 12.6. The Morgan fingerprint density at radius 1 is 1.12 bits per heavy atom. The first-order valence-corrected chi connectivity index (χ1v) is 10.1. The van der Waals surface area contributed by atoms with Crippen molar-refractivity contribution in [3.63, 3.8) is 0 Å². The molecule has 6 nitrogen and oxygen atoms in total. The van der Waals surface area contributed by atoms with Crippen LogP contribution in [0.3, 0.4) is 0 Å². The molecule has 0 heterocycles. The summed E-state index contributed by atoms with van der Waals surface area (Å²) in [6.45, 7) is -0.422. The second-order valence-corrected chi connectivity index (χ2v) is 8.22. The van der Waals surface area contributed by atoms with Gasteiger partial charge in [0.05, 0.1) is 29.1 Å². The molecule has 0 saturated carbocycles. The lowest BCUT2D eigenvalue weighted by Gasteiger charge is -2.26. The van der Waals surface area contributed by atoms with Crippen LogP contribution < -0.4 is 13.9 Å². The molecule has 1 amide bonds. The highest BCUT2D eigenvalue weighted by Crippen LogP contribution is 2.37. The zero-order valence-electron chi connectivity index (χ0n) is 14.4. The minimum absolute atomic E-state index is 0.0939. The Labute approximate surface area is 162 Å². The van der Waals surface area contributed by atoms with Crippen LogP contribution in [0.25, 0.3) is 0 Å². The van der Waals surface area contributed by atoms with Gasteiger partial charge >= 0.3 is 0 Å². The van der Waals surface area contributed by atoms with Gasteiger partial charge in [-0.25, -0.2) is 8.42 Å². The fraction of sp³-hybridized carbons (Fsp3) is 0.235. The van der Waals surface area contributed by atoms with Crippen molar-refractivity contribution in [2.75, 3.05) is 36.2 Å². The largest absolute Gasteiger partial charge is 0.495 e. The molecule has 0 aliphatic heterocycles. The summed E-state index contributed by atoms with van der Waals surface area (Å²) in [5, 5.41) is 0.332. The number of sulfonamides is 1. The maximum Gasteiger partial charge on any atom is 0.247 e. The third-order valence-corrected chi connectivity index (χ3v) is 5.41. The molecule has 0 unspecified atom stereocenters. The predicted molar refractivity (Wildman–Crippen MR) is 105 cm³/mol. The van der Waals surface area contributed by atoms with Gasteiger partial charge in [0.15, 0.2) is 0 Å². The maximum absolute atomic E-state index is 12.6. The quantitative estimate of drug-likeness (QED) is 0.723. The molecule has 9 heteroatoms. The van der Waals surface area contributed by atoms with E-state index in [-0.39, 0.29) is 21.5 Å². The summed E-state index contributed by atoms with van der Waals surface area (Å²) in [6, 6.07) is 11.7. The van der Waals surface area contributed by atoms with E-state index in [1.165, 1.54) is 24.1 Å². The molecule has 140 valence electrons. The minimum Gasteiger partial charge on any atom is -0.495 e. The highest BCUT2D eigenvalue weighted by Gasteiger charge is 2.26. The normalized spacial score (nSPS) is 11.1. The second kappa shape index (κ2) is 8.16. The number of amides is 1. The fourth-order valence-corrected chi connectivity index (χ4v) is 3.74. The first-order valence-electron chi connectivity index (χ1n) is 7.47. The van der Waals surface area contributed by atoms with E-state index >= 15 is 0 Å². The summed E-state index contributed by atoms with van der Waals surface area (Å²) < 4.78 is 30.6. The van der Waals surface area contributed by atoms with E-state index in [9.17, 15) is 13.2 Å². The average molecular weight is 417 g/mol. The average Bonchev–Trinajstić information content (AvgIpc) is 2.59. The van der Waals surface area contributed by atoms with Gasteiger partial charge in [-0.2, -0.15) is 0 Å². The predicted octanol–water partition coefficient (Wildman–Crippen LogP) is 3.43. The number of carbonyl (C=O) groups is 1. The van der Waals surface area contributed by atoms with Crippen LogP contribution >= 0.6 is 23.2 Å².